The van der Waals surface area contributed by atoms with E-state index in [1.807, 2.05) is 6.26 Å². The van der Waals surface area contributed by atoms with Crippen LogP contribution in [0.25, 0.3) is 0 Å². The highest BCUT2D eigenvalue weighted by molar-refractivity contribution is 5.75. The monoisotopic (exact) mass is 276 g/mol. The fourth-order valence-corrected chi connectivity index (χ4v) is 3.56. The van der Waals surface area contributed by atoms with Crippen molar-refractivity contribution in [3.8, 4) is 0 Å². The number of rotatable bonds is 2. The molecule has 0 spiro atoms. The first kappa shape index (κ1) is 13.5. The maximum absolute atomic E-state index is 12.2. The zero-order chi connectivity index (χ0) is 13.9. The number of carbonyl (C=O) groups excluding carboxylic acids is 1. The molecule has 110 valence electrons. The number of hydrogen-bond donors (Lipinski definition) is 2. The molecule has 1 heterocycles. The molecular formula is C16H24N2O2. The molecule has 0 saturated heterocycles. The molecule has 2 aliphatic carbocycles. The average Bonchev–Trinajstić information content (AvgIpc) is 2.83. The number of urea groups is 1. The summed E-state index contributed by atoms with van der Waals surface area (Å²) in [5.41, 5.74) is 2.36. The van der Waals surface area contributed by atoms with Gasteiger partial charge in [0.1, 0.15) is 5.76 Å². The van der Waals surface area contributed by atoms with Gasteiger partial charge in [0, 0.05) is 18.0 Å². The minimum absolute atomic E-state index is 0.0182. The minimum Gasteiger partial charge on any atom is -0.469 e. The topological polar surface area (TPSA) is 54.3 Å². The van der Waals surface area contributed by atoms with Gasteiger partial charge in [0.15, 0.2) is 0 Å². The standard InChI is InChI=1S/C16H24N2O2/c1-11-10-20-14-9-5-8-13(15(11)14)18-16(19)17-12-6-3-2-4-7-12/h10,12-13H,2-9H2,1H3,(H2,17,18,19)/t13-/m1/s1. The van der Waals surface area contributed by atoms with E-state index in [0.29, 0.717) is 6.04 Å². The number of furan rings is 1. The van der Waals surface area contributed by atoms with Crippen LogP contribution < -0.4 is 10.6 Å². The van der Waals surface area contributed by atoms with E-state index in [2.05, 4.69) is 17.6 Å². The summed E-state index contributed by atoms with van der Waals surface area (Å²) in [6, 6.07) is 0.452. The van der Waals surface area contributed by atoms with Crippen molar-refractivity contribution in [2.75, 3.05) is 0 Å². The maximum atomic E-state index is 12.2. The fourth-order valence-electron chi connectivity index (χ4n) is 3.56. The Hall–Kier alpha value is -1.45. The first-order valence-corrected chi connectivity index (χ1v) is 7.88. The Morgan fingerprint density at radius 2 is 1.95 bits per heavy atom. The third-order valence-electron chi connectivity index (χ3n) is 4.59. The molecule has 1 aromatic heterocycles. The number of hydrogen-bond acceptors (Lipinski definition) is 2. The molecule has 4 heteroatoms. The zero-order valence-corrected chi connectivity index (χ0v) is 12.2. The summed E-state index contributed by atoms with van der Waals surface area (Å²) in [6.07, 6.45) is 10.9. The highest BCUT2D eigenvalue weighted by atomic mass is 16.3. The molecule has 1 aromatic rings. The zero-order valence-electron chi connectivity index (χ0n) is 12.2. The van der Waals surface area contributed by atoms with Gasteiger partial charge < -0.3 is 15.1 Å². The van der Waals surface area contributed by atoms with Gasteiger partial charge >= 0.3 is 6.03 Å². The second-order valence-electron chi connectivity index (χ2n) is 6.15. The van der Waals surface area contributed by atoms with Gasteiger partial charge in [-0.05, 0) is 38.2 Å². The lowest BCUT2D eigenvalue weighted by Crippen LogP contribution is -2.44. The van der Waals surface area contributed by atoms with Crippen molar-refractivity contribution in [1.82, 2.24) is 10.6 Å². The number of carbonyl (C=O) groups is 1. The van der Waals surface area contributed by atoms with Crippen molar-refractivity contribution >= 4 is 6.03 Å². The lowest BCUT2D eigenvalue weighted by atomic mass is 9.91. The summed E-state index contributed by atoms with van der Waals surface area (Å²) >= 11 is 0. The van der Waals surface area contributed by atoms with Crippen LogP contribution >= 0.6 is 0 Å². The molecule has 0 bridgehead atoms. The van der Waals surface area contributed by atoms with Crippen LogP contribution in [-0.2, 0) is 6.42 Å². The first-order valence-electron chi connectivity index (χ1n) is 7.88. The van der Waals surface area contributed by atoms with Gasteiger partial charge in [-0.2, -0.15) is 0 Å². The van der Waals surface area contributed by atoms with E-state index in [4.69, 9.17) is 4.42 Å². The first-order chi connectivity index (χ1) is 9.74. The van der Waals surface area contributed by atoms with Gasteiger partial charge in [-0.3, -0.25) is 0 Å². The number of aryl methyl sites for hydroxylation is 2. The van der Waals surface area contributed by atoms with Gasteiger partial charge in [-0.15, -0.1) is 0 Å². The molecule has 4 nitrogen and oxygen atoms in total. The number of amides is 2. The Morgan fingerprint density at radius 1 is 1.15 bits per heavy atom. The van der Waals surface area contributed by atoms with Crippen LogP contribution in [0, 0.1) is 6.92 Å². The highest BCUT2D eigenvalue weighted by Crippen LogP contribution is 2.33. The van der Waals surface area contributed by atoms with Crippen molar-refractivity contribution in [2.45, 2.75) is 70.4 Å². The number of nitrogens with one attached hydrogen (secondary N) is 2. The van der Waals surface area contributed by atoms with Crippen LogP contribution in [0.2, 0.25) is 0 Å². The average molecular weight is 276 g/mol. The van der Waals surface area contributed by atoms with Crippen molar-refractivity contribution in [3.05, 3.63) is 23.2 Å². The van der Waals surface area contributed by atoms with Crippen LogP contribution in [0.3, 0.4) is 0 Å². The van der Waals surface area contributed by atoms with Gasteiger partial charge in [0.2, 0.25) is 0 Å². The van der Waals surface area contributed by atoms with E-state index < -0.39 is 0 Å². The quantitative estimate of drug-likeness (QED) is 0.867. The molecule has 2 N–H and O–H groups in total. The smallest absolute Gasteiger partial charge is 0.315 e. The second-order valence-corrected chi connectivity index (χ2v) is 6.15. The predicted molar refractivity (Wildman–Crippen MR) is 77.7 cm³/mol. The Bertz CT molecular complexity index is 475. The molecular weight excluding hydrogens is 252 g/mol. The fraction of sp³-hybridized carbons (Fsp3) is 0.688. The Balaban J connectivity index is 1.60. The summed E-state index contributed by atoms with van der Waals surface area (Å²) in [6.45, 7) is 2.06. The summed E-state index contributed by atoms with van der Waals surface area (Å²) < 4.78 is 5.58. The van der Waals surface area contributed by atoms with Crippen molar-refractivity contribution in [2.24, 2.45) is 0 Å². The molecule has 1 atom stereocenters. The predicted octanol–water partition coefficient (Wildman–Crippen LogP) is 3.60. The summed E-state index contributed by atoms with van der Waals surface area (Å²) in [7, 11) is 0. The van der Waals surface area contributed by atoms with E-state index in [0.717, 1.165) is 43.4 Å². The van der Waals surface area contributed by atoms with Crippen LogP contribution in [-0.4, -0.2) is 12.1 Å². The van der Waals surface area contributed by atoms with Crippen molar-refractivity contribution in [1.29, 1.82) is 0 Å². The summed E-state index contributed by atoms with van der Waals surface area (Å²) in [5, 5.41) is 6.27. The second kappa shape index (κ2) is 5.90. The number of fused-ring (bicyclic) bond motifs is 1. The third kappa shape index (κ3) is 2.84. The Kier molecular flexibility index (Phi) is 3.99. The molecule has 0 radical (unpaired) electrons. The van der Waals surface area contributed by atoms with E-state index >= 15 is 0 Å². The molecule has 0 aliphatic heterocycles. The summed E-state index contributed by atoms with van der Waals surface area (Å²) in [5.74, 6) is 1.05. The SMILES string of the molecule is Cc1coc2c1[C@H](NC(=O)NC1CCCCC1)CCC2. The molecule has 0 unspecified atom stereocenters. The Morgan fingerprint density at radius 3 is 2.75 bits per heavy atom. The molecule has 2 amide bonds. The molecule has 1 fully saturated rings. The van der Waals surface area contributed by atoms with Crippen LogP contribution in [0.15, 0.2) is 10.7 Å². The Labute approximate surface area is 120 Å². The molecule has 3 rings (SSSR count). The maximum Gasteiger partial charge on any atom is 0.315 e. The van der Waals surface area contributed by atoms with Gasteiger partial charge in [-0.1, -0.05) is 19.3 Å². The van der Waals surface area contributed by atoms with Gasteiger partial charge in [-0.25, -0.2) is 4.79 Å². The van der Waals surface area contributed by atoms with Crippen molar-refractivity contribution < 1.29 is 9.21 Å². The van der Waals surface area contributed by atoms with Gasteiger partial charge in [0.25, 0.3) is 0 Å². The van der Waals surface area contributed by atoms with Crippen molar-refractivity contribution in [3.63, 3.8) is 0 Å². The van der Waals surface area contributed by atoms with Crippen LogP contribution in [0.1, 0.15) is 67.9 Å². The molecule has 2 aliphatic rings. The largest absolute Gasteiger partial charge is 0.469 e. The molecule has 20 heavy (non-hydrogen) atoms. The van der Waals surface area contributed by atoms with E-state index in [1.54, 1.807) is 0 Å². The summed E-state index contributed by atoms with van der Waals surface area (Å²) in [4.78, 5) is 12.2. The third-order valence-corrected chi connectivity index (χ3v) is 4.59. The lowest BCUT2D eigenvalue weighted by molar-refractivity contribution is 0.227. The minimum atomic E-state index is -0.0182. The van der Waals surface area contributed by atoms with Crippen LogP contribution in [0.4, 0.5) is 4.79 Å². The van der Waals surface area contributed by atoms with E-state index in [1.165, 1.54) is 24.8 Å². The van der Waals surface area contributed by atoms with E-state index in [-0.39, 0.29) is 12.1 Å². The normalized spacial score (nSPS) is 23.1. The van der Waals surface area contributed by atoms with Gasteiger partial charge in [0.05, 0.1) is 12.3 Å². The lowest BCUT2D eigenvalue weighted by Gasteiger charge is -2.27. The molecule has 1 saturated carbocycles. The highest BCUT2D eigenvalue weighted by Gasteiger charge is 2.27. The molecule has 0 aromatic carbocycles. The van der Waals surface area contributed by atoms with E-state index in [9.17, 15) is 4.79 Å². The van der Waals surface area contributed by atoms with Crippen LogP contribution in [0.5, 0.6) is 0 Å².